The minimum atomic E-state index is -1.42. The van der Waals surface area contributed by atoms with Gasteiger partial charge < -0.3 is 5.11 Å². The van der Waals surface area contributed by atoms with Gasteiger partial charge in [0.15, 0.2) is 11.6 Å². The van der Waals surface area contributed by atoms with Gasteiger partial charge in [0.25, 0.3) is 0 Å². The van der Waals surface area contributed by atoms with Crippen molar-refractivity contribution in [3.05, 3.63) is 35.1 Å². The zero-order chi connectivity index (χ0) is 11.2. The first-order valence-electron chi connectivity index (χ1n) is 4.36. The van der Waals surface area contributed by atoms with E-state index < -0.39 is 34.4 Å². The van der Waals surface area contributed by atoms with E-state index >= 15 is 0 Å². The van der Waals surface area contributed by atoms with Crippen LogP contribution in [0.15, 0.2) is 12.1 Å². The summed E-state index contributed by atoms with van der Waals surface area (Å²) in [5.74, 6) is -4.82. The number of carboxylic acids is 1. The second-order valence-corrected chi connectivity index (χ2v) is 3.64. The molecule has 0 atom stereocenters. The van der Waals surface area contributed by atoms with Gasteiger partial charge in [0.1, 0.15) is 5.82 Å². The molecule has 2 nitrogen and oxygen atoms in total. The third-order valence-corrected chi connectivity index (χ3v) is 2.67. The van der Waals surface area contributed by atoms with Gasteiger partial charge in [-0.1, -0.05) is 0 Å². The predicted octanol–water partition coefficient (Wildman–Crippen LogP) is 2.22. The summed E-state index contributed by atoms with van der Waals surface area (Å²) in [6, 6.07) is 1.15. The first kappa shape index (κ1) is 10.0. The van der Waals surface area contributed by atoms with Crippen LogP contribution in [0.4, 0.5) is 13.2 Å². The fourth-order valence-electron chi connectivity index (χ4n) is 1.63. The first-order valence-corrected chi connectivity index (χ1v) is 4.36. The Bertz CT molecular complexity index is 439. The minimum absolute atomic E-state index is 0.210. The third-order valence-electron chi connectivity index (χ3n) is 2.67. The molecule has 2 rings (SSSR count). The van der Waals surface area contributed by atoms with Crippen LogP contribution in [0.5, 0.6) is 0 Å². The van der Waals surface area contributed by atoms with E-state index in [0.717, 1.165) is 6.07 Å². The molecular weight excluding hydrogens is 209 g/mol. The molecule has 1 saturated carbocycles. The molecule has 0 radical (unpaired) electrons. The van der Waals surface area contributed by atoms with Crippen molar-refractivity contribution >= 4 is 5.97 Å². The molecule has 15 heavy (non-hydrogen) atoms. The smallest absolute Gasteiger partial charge is 0.314 e. The number of rotatable bonds is 2. The van der Waals surface area contributed by atoms with Crippen molar-refractivity contribution in [3.63, 3.8) is 0 Å². The number of carbonyl (C=O) groups is 1. The molecule has 0 unspecified atom stereocenters. The lowest BCUT2D eigenvalue weighted by Crippen LogP contribution is -2.21. The molecular formula is C10H7F3O2. The van der Waals surface area contributed by atoms with E-state index in [1.807, 2.05) is 0 Å². The monoisotopic (exact) mass is 216 g/mol. The summed E-state index contributed by atoms with van der Waals surface area (Å²) in [6.07, 6.45) is 0.421. The molecule has 1 aromatic carbocycles. The molecule has 1 aliphatic rings. The number of hydrogen-bond acceptors (Lipinski definition) is 1. The molecule has 1 N–H and O–H groups in total. The van der Waals surface area contributed by atoms with E-state index in [1.165, 1.54) is 0 Å². The van der Waals surface area contributed by atoms with E-state index in [9.17, 15) is 18.0 Å². The molecule has 0 aromatic heterocycles. The van der Waals surface area contributed by atoms with E-state index in [0.29, 0.717) is 6.07 Å². The number of hydrogen-bond donors (Lipinski definition) is 1. The molecule has 1 aromatic rings. The highest BCUT2D eigenvalue weighted by molar-refractivity contribution is 5.85. The normalized spacial score (nSPS) is 17.5. The van der Waals surface area contributed by atoms with Crippen LogP contribution in [0.2, 0.25) is 0 Å². The Morgan fingerprint density at radius 2 is 1.87 bits per heavy atom. The molecule has 1 fully saturated rings. The lowest BCUT2D eigenvalue weighted by atomic mass is 9.95. The number of halogens is 3. The quantitative estimate of drug-likeness (QED) is 0.769. The predicted molar refractivity (Wildman–Crippen MR) is 44.9 cm³/mol. The molecule has 5 heteroatoms. The summed E-state index contributed by atoms with van der Waals surface area (Å²) in [4.78, 5) is 10.8. The van der Waals surface area contributed by atoms with Gasteiger partial charge in [-0.15, -0.1) is 0 Å². The molecule has 0 saturated heterocycles. The van der Waals surface area contributed by atoms with Gasteiger partial charge in [0.2, 0.25) is 0 Å². The number of benzene rings is 1. The maximum atomic E-state index is 13.3. The fraction of sp³-hybridized carbons (Fsp3) is 0.300. The Morgan fingerprint density at radius 3 is 2.33 bits per heavy atom. The van der Waals surface area contributed by atoms with Crippen LogP contribution < -0.4 is 0 Å². The largest absolute Gasteiger partial charge is 0.481 e. The topological polar surface area (TPSA) is 37.3 Å². The molecule has 80 valence electrons. The zero-order valence-corrected chi connectivity index (χ0v) is 7.56. The minimum Gasteiger partial charge on any atom is -0.481 e. The van der Waals surface area contributed by atoms with Crippen LogP contribution in [-0.4, -0.2) is 11.1 Å². The van der Waals surface area contributed by atoms with Gasteiger partial charge in [-0.2, -0.15) is 0 Å². The summed E-state index contributed by atoms with van der Waals surface area (Å²) >= 11 is 0. The van der Waals surface area contributed by atoms with Crippen LogP contribution in [-0.2, 0) is 10.2 Å². The molecule has 1 aliphatic carbocycles. The maximum absolute atomic E-state index is 13.3. The molecule has 0 bridgehead atoms. The van der Waals surface area contributed by atoms with Gasteiger partial charge in [-0.05, 0) is 18.9 Å². The number of carboxylic acid groups (broad SMARTS) is 1. The summed E-state index contributed by atoms with van der Waals surface area (Å²) in [5.41, 5.74) is -1.82. The van der Waals surface area contributed by atoms with Crippen molar-refractivity contribution in [3.8, 4) is 0 Å². The first-order chi connectivity index (χ1) is 6.97. The summed E-state index contributed by atoms with van der Waals surface area (Å²) in [6.45, 7) is 0. The van der Waals surface area contributed by atoms with Gasteiger partial charge in [-0.25, -0.2) is 13.2 Å². The van der Waals surface area contributed by atoms with Crippen LogP contribution in [0.1, 0.15) is 18.4 Å². The molecule has 0 aliphatic heterocycles. The second-order valence-electron chi connectivity index (χ2n) is 3.64. The summed E-state index contributed by atoms with van der Waals surface area (Å²) in [5, 5.41) is 8.85. The lowest BCUT2D eigenvalue weighted by Gasteiger charge is -2.11. The molecule has 0 spiro atoms. The Balaban J connectivity index is 2.58. The van der Waals surface area contributed by atoms with Gasteiger partial charge in [0, 0.05) is 11.6 Å². The Labute approximate surface area is 83.3 Å². The fourth-order valence-corrected chi connectivity index (χ4v) is 1.63. The maximum Gasteiger partial charge on any atom is 0.314 e. The Morgan fingerprint density at radius 1 is 1.27 bits per heavy atom. The van der Waals surface area contributed by atoms with Crippen molar-refractivity contribution in [2.45, 2.75) is 18.3 Å². The highest BCUT2D eigenvalue weighted by Gasteiger charge is 2.53. The second kappa shape index (κ2) is 2.98. The van der Waals surface area contributed by atoms with Crippen LogP contribution in [0, 0.1) is 17.5 Å². The van der Waals surface area contributed by atoms with Gasteiger partial charge in [-0.3, -0.25) is 4.79 Å². The van der Waals surface area contributed by atoms with Crippen molar-refractivity contribution in [2.75, 3.05) is 0 Å². The van der Waals surface area contributed by atoms with Crippen LogP contribution in [0.25, 0.3) is 0 Å². The highest BCUT2D eigenvalue weighted by Crippen LogP contribution is 2.49. The molecule has 0 amide bonds. The standard InChI is InChI=1S/C10H7F3O2/c11-5-3-6(8(13)7(12)4-5)10(1-2-10)9(14)15/h3-4H,1-2H2,(H,14,15). The van der Waals surface area contributed by atoms with Crippen LogP contribution >= 0.6 is 0 Å². The van der Waals surface area contributed by atoms with Crippen LogP contribution in [0.3, 0.4) is 0 Å². The SMILES string of the molecule is O=C(O)C1(c2cc(F)cc(F)c2F)CC1. The van der Waals surface area contributed by atoms with Gasteiger partial charge >= 0.3 is 5.97 Å². The Hall–Kier alpha value is -1.52. The van der Waals surface area contributed by atoms with E-state index in [1.54, 1.807) is 0 Å². The van der Waals surface area contributed by atoms with Gasteiger partial charge in [0.05, 0.1) is 5.41 Å². The summed E-state index contributed by atoms with van der Waals surface area (Å²) in [7, 11) is 0. The van der Waals surface area contributed by atoms with Crippen molar-refractivity contribution in [1.82, 2.24) is 0 Å². The number of aliphatic carboxylic acids is 1. The average molecular weight is 216 g/mol. The zero-order valence-electron chi connectivity index (χ0n) is 7.56. The van der Waals surface area contributed by atoms with Crippen molar-refractivity contribution in [2.24, 2.45) is 0 Å². The van der Waals surface area contributed by atoms with E-state index in [-0.39, 0.29) is 12.8 Å². The highest BCUT2D eigenvalue weighted by atomic mass is 19.2. The summed E-state index contributed by atoms with van der Waals surface area (Å²) < 4.78 is 39.0. The molecule has 0 heterocycles. The van der Waals surface area contributed by atoms with Crippen molar-refractivity contribution < 1.29 is 23.1 Å². The van der Waals surface area contributed by atoms with Crippen molar-refractivity contribution in [1.29, 1.82) is 0 Å². The third kappa shape index (κ3) is 1.38. The van der Waals surface area contributed by atoms with E-state index in [4.69, 9.17) is 5.11 Å². The Kier molecular flexibility index (Phi) is 1.99. The van der Waals surface area contributed by atoms with E-state index in [2.05, 4.69) is 0 Å². The lowest BCUT2D eigenvalue weighted by molar-refractivity contribution is -0.140. The average Bonchev–Trinajstić information content (AvgIpc) is 2.91.